The fraction of sp³-hybridized carbons (Fsp3) is 0.0667. The van der Waals surface area contributed by atoms with Gasteiger partial charge in [0, 0.05) is 0 Å². The summed E-state index contributed by atoms with van der Waals surface area (Å²) in [7, 11) is 0. The van der Waals surface area contributed by atoms with Gasteiger partial charge in [0.2, 0.25) is 0 Å². The van der Waals surface area contributed by atoms with Gasteiger partial charge < -0.3 is 9.52 Å². The first-order valence-electron chi connectivity index (χ1n) is 6.09. The Hall–Kier alpha value is -2.82. The Morgan fingerprint density at radius 3 is 2.80 bits per heavy atom. The van der Waals surface area contributed by atoms with Gasteiger partial charge in [0.05, 0.1) is 18.1 Å². The van der Waals surface area contributed by atoms with Crippen LogP contribution in [0.25, 0.3) is 17.1 Å². The van der Waals surface area contributed by atoms with E-state index in [0.717, 1.165) is 11.3 Å². The van der Waals surface area contributed by atoms with Crippen LogP contribution in [0.1, 0.15) is 15.9 Å². The molecule has 0 aliphatic rings. The Balaban J connectivity index is 2.24. The van der Waals surface area contributed by atoms with Crippen molar-refractivity contribution in [3.05, 3.63) is 60.0 Å². The van der Waals surface area contributed by atoms with E-state index in [9.17, 15) is 9.90 Å². The summed E-state index contributed by atoms with van der Waals surface area (Å²) in [5, 5.41) is 13.5. The maximum Gasteiger partial charge on any atom is 0.339 e. The van der Waals surface area contributed by atoms with Gasteiger partial charge in [-0.25, -0.2) is 9.48 Å². The molecule has 0 saturated carbocycles. The Bertz CT molecular complexity index is 757. The molecule has 0 spiro atoms. The first-order valence-corrected chi connectivity index (χ1v) is 6.09. The number of carboxylic acids is 1. The molecule has 0 saturated heterocycles. The lowest BCUT2D eigenvalue weighted by Gasteiger charge is -2.07. The number of furan rings is 1. The third-order valence-electron chi connectivity index (χ3n) is 3.00. The van der Waals surface area contributed by atoms with Gasteiger partial charge in [0.15, 0.2) is 5.76 Å². The predicted molar refractivity (Wildman–Crippen MR) is 73.0 cm³/mol. The Morgan fingerprint density at radius 1 is 1.30 bits per heavy atom. The smallest absolute Gasteiger partial charge is 0.339 e. The molecule has 0 atom stereocenters. The monoisotopic (exact) mass is 268 g/mol. The van der Waals surface area contributed by atoms with E-state index in [2.05, 4.69) is 5.10 Å². The summed E-state index contributed by atoms with van der Waals surface area (Å²) >= 11 is 0. The van der Waals surface area contributed by atoms with Crippen molar-refractivity contribution in [1.29, 1.82) is 0 Å². The second-order valence-corrected chi connectivity index (χ2v) is 4.44. The number of carbonyl (C=O) groups is 1. The molecule has 0 amide bonds. The second-order valence-electron chi connectivity index (χ2n) is 4.44. The van der Waals surface area contributed by atoms with E-state index in [4.69, 9.17) is 4.42 Å². The lowest BCUT2D eigenvalue weighted by molar-refractivity contribution is 0.0697. The number of carboxylic acid groups (broad SMARTS) is 1. The van der Waals surface area contributed by atoms with Crippen LogP contribution in [0.15, 0.2) is 53.3 Å². The maximum atomic E-state index is 11.3. The van der Waals surface area contributed by atoms with Crippen LogP contribution >= 0.6 is 0 Å². The average Bonchev–Trinajstić information content (AvgIpc) is 3.07. The Kier molecular flexibility index (Phi) is 2.87. The molecular formula is C15H12N2O3. The first-order chi connectivity index (χ1) is 9.66. The summed E-state index contributed by atoms with van der Waals surface area (Å²) in [6.07, 6.45) is 2.84. The molecule has 0 aliphatic heterocycles. The van der Waals surface area contributed by atoms with Crippen LogP contribution in [0, 0.1) is 6.92 Å². The average molecular weight is 268 g/mol. The number of aromatic nitrogens is 2. The highest BCUT2D eigenvalue weighted by Crippen LogP contribution is 2.27. The van der Waals surface area contributed by atoms with E-state index < -0.39 is 5.97 Å². The van der Waals surface area contributed by atoms with Crippen molar-refractivity contribution in [2.24, 2.45) is 0 Å². The van der Waals surface area contributed by atoms with Crippen molar-refractivity contribution in [3.63, 3.8) is 0 Å². The summed E-state index contributed by atoms with van der Waals surface area (Å²) in [5.41, 5.74) is 2.42. The van der Waals surface area contributed by atoms with Crippen LogP contribution in [0.4, 0.5) is 0 Å². The molecular weight excluding hydrogens is 256 g/mol. The van der Waals surface area contributed by atoms with Gasteiger partial charge in [-0.05, 0) is 36.8 Å². The van der Waals surface area contributed by atoms with Crippen LogP contribution in [-0.4, -0.2) is 20.9 Å². The van der Waals surface area contributed by atoms with Crippen LogP contribution < -0.4 is 0 Å². The van der Waals surface area contributed by atoms with Crippen LogP contribution in [0.3, 0.4) is 0 Å². The maximum absolute atomic E-state index is 11.3. The van der Waals surface area contributed by atoms with E-state index in [1.165, 1.54) is 12.5 Å². The van der Waals surface area contributed by atoms with Crippen molar-refractivity contribution < 1.29 is 14.3 Å². The molecule has 3 aromatic rings. The first kappa shape index (κ1) is 12.2. The molecule has 0 radical (unpaired) electrons. The molecule has 5 heteroatoms. The molecule has 100 valence electrons. The Labute approximate surface area is 115 Å². The van der Waals surface area contributed by atoms with E-state index in [1.54, 1.807) is 16.8 Å². The van der Waals surface area contributed by atoms with Gasteiger partial charge in [-0.3, -0.25) is 0 Å². The van der Waals surface area contributed by atoms with Crippen molar-refractivity contribution >= 4 is 5.97 Å². The number of hydrogen-bond acceptors (Lipinski definition) is 3. The molecule has 1 aromatic carbocycles. The van der Waals surface area contributed by atoms with Gasteiger partial charge >= 0.3 is 5.97 Å². The van der Waals surface area contributed by atoms with E-state index >= 15 is 0 Å². The minimum absolute atomic E-state index is 0.112. The number of nitrogens with zero attached hydrogens (tertiary/aromatic N) is 2. The van der Waals surface area contributed by atoms with E-state index in [0.29, 0.717) is 11.5 Å². The number of hydrogen-bond donors (Lipinski definition) is 1. The molecule has 20 heavy (non-hydrogen) atoms. The summed E-state index contributed by atoms with van der Waals surface area (Å²) < 4.78 is 6.92. The van der Waals surface area contributed by atoms with Gasteiger partial charge in [0.25, 0.3) is 0 Å². The third-order valence-corrected chi connectivity index (χ3v) is 3.00. The highest BCUT2D eigenvalue weighted by Gasteiger charge is 2.21. The number of rotatable bonds is 3. The zero-order chi connectivity index (χ0) is 14.1. The van der Waals surface area contributed by atoms with Crippen molar-refractivity contribution in [1.82, 2.24) is 9.78 Å². The fourth-order valence-corrected chi connectivity index (χ4v) is 2.11. The highest BCUT2D eigenvalue weighted by molar-refractivity contribution is 5.94. The molecule has 0 fully saturated rings. The summed E-state index contributed by atoms with van der Waals surface area (Å²) in [4.78, 5) is 11.3. The second kappa shape index (κ2) is 4.70. The molecule has 1 N–H and O–H groups in total. The lowest BCUT2D eigenvalue weighted by atomic mass is 10.2. The topological polar surface area (TPSA) is 68.3 Å². The largest absolute Gasteiger partial charge is 0.478 e. The van der Waals surface area contributed by atoms with Gasteiger partial charge in [-0.2, -0.15) is 5.10 Å². The van der Waals surface area contributed by atoms with Crippen LogP contribution in [0.5, 0.6) is 0 Å². The SMILES string of the molecule is Cc1cccc(-n2ncc(C(=O)O)c2-c2ccco2)c1. The fourth-order valence-electron chi connectivity index (χ4n) is 2.11. The zero-order valence-corrected chi connectivity index (χ0v) is 10.8. The zero-order valence-electron chi connectivity index (χ0n) is 10.8. The number of aromatic carboxylic acids is 1. The van der Waals surface area contributed by atoms with Crippen LogP contribution in [0.2, 0.25) is 0 Å². The predicted octanol–water partition coefficient (Wildman–Crippen LogP) is 3.14. The van der Waals surface area contributed by atoms with E-state index in [1.807, 2.05) is 31.2 Å². The van der Waals surface area contributed by atoms with Gasteiger partial charge in [0.1, 0.15) is 11.3 Å². The molecule has 0 unspecified atom stereocenters. The molecule has 3 rings (SSSR count). The third kappa shape index (κ3) is 1.99. The summed E-state index contributed by atoms with van der Waals surface area (Å²) in [6.45, 7) is 1.97. The molecule has 0 bridgehead atoms. The minimum Gasteiger partial charge on any atom is -0.478 e. The highest BCUT2D eigenvalue weighted by atomic mass is 16.4. The number of benzene rings is 1. The normalized spacial score (nSPS) is 10.7. The minimum atomic E-state index is -1.03. The van der Waals surface area contributed by atoms with Crippen molar-refractivity contribution in [3.8, 4) is 17.1 Å². The van der Waals surface area contributed by atoms with E-state index in [-0.39, 0.29) is 5.56 Å². The molecule has 5 nitrogen and oxygen atoms in total. The summed E-state index contributed by atoms with van der Waals surface area (Å²) in [5.74, 6) is -0.559. The number of aryl methyl sites for hydroxylation is 1. The molecule has 0 aliphatic carbocycles. The van der Waals surface area contributed by atoms with Crippen LogP contribution in [-0.2, 0) is 0 Å². The van der Waals surface area contributed by atoms with Gasteiger partial charge in [-0.15, -0.1) is 0 Å². The van der Waals surface area contributed by atoms with Crippen molar-refractivity contribution in [2.45, 2.75) is 6.92 Å². The Morgan fingerprint density at radius 2 is 2.15 bits per heavy atom. The standard InChI is InChI=1S/C15H12N2O3/c1-10-4-2-5-11(8-10)17-14(13-6-3-7-20-13)12(9-16-17)15(18)19/h2-9H,1H3,(H,18,19). The van der Waals surface area contributed by atoms with Crippen molar-refractivity contribution in [2.75, 3.05) is 0 Å². The molecule has 2 aromatic heterocycles. The van der Waals surface area contributed by atoms with Gasteiger partial charge in [-0.1, -0.05) is 12.1 Å². The summed E-state index contributed by atoms with van der Waals surface area (Å²) in [6, 6.07) is 11.1. The molecule has 2 heterocycles. The lowest BCUT2D eigenvalue weighted by Crippen LogP contribution is -2.02. The quantitative estimate of drug-likeness (QED) is 0.792.